The van der Waals surface area contributed by atoms with Gasteiger partial charge in [-0.15, -0.1) is 10.3 Å². The fraction of sp³-hybridized carbons (Fsp3) is 0.400. The van der Waals surface area contributed by atoms with E-state index in [9.17, 15) is 0 Å². The van der Waals surface area contributed by atoms with Crippen LogP contribution in [0, 0.1) is 0 Å². The summed E-state index contributed by atoms with van der Waals surface area (Å²) in [6.07, 6.45) is 5.57. The Morgan fingerprint density at radius 2 is 1.64 bits per heavy atom. The van der Waals surface area contributed by atoms with Gasteiger partial charge in [0.25, 0.3) is 0 Å². The van der Waals surface area contributed by atoms with E-state index in [0.29, 0.717) is 6.61 Å². The van der Waals surface area contributed by atoms with E-state index in [0.717, 1.165) is 6.42 Å². The standard InChI is InChI=1S/C20H26OS/c1-20(2,3)22(4,5)21-14-15-10-11-19-17(12-15)13-16-8-6-7-9-18(16)19/h6-12H,13-14H2,1-5H3. The third-order valence-electron chi connectivity index (χ3n) is 4.85. The molecule has 118 valence electrons. The molecule has 0 heterocycles. The van der Waals surface area contributed by atoms with Gasteiger partial charge in [-0.1, -0.05) is 63.2 Å². The average Bonchev–Trinajstić information content (AvgIpc) is 2.81. The molecule has 0 aromatic heterocycles. The SMILES string of the molecule is CC(C)(C)S(C)(C)OCc1ccc2c(c1)Cc1ccccc1-2. The molecule has 22 heavy (non-hydrogen) atoms. The van der Waals surface area contributed by atoms with Gasteiger partial charge < -0.3 is 4.18 Å². The fourth-order valence-electron chi connectivity index (χ4n) is 2.68. The summed E-state index contributed by atoms with van der Waals surface area (Å²) in [5, 5.41) is 0. The van der Waals surface area contributed by atoms with Gasteiger partial charge in [-0.25, -0.2) is 0 Å². The molecule has 0 saturated carbocycles. The minimum atomic E-state index is -1.06. The van der Waals surface area contributed by atoms with Crippen molar-refractivity contribution < 1.29 is 4.18 Å². The maximum atomic E-state index is 6.30. The van der Waals surface area contributed by atoms with Crippen molar-refractivity contribution in [1.82, 2.24) is 0 Å². The van der Waals surface area contributed by atoms with E-state index < -0.39 is 10.3 Å². The second kappa shape index (κ2) is 5.43. The summed E-state index contributed by atoms with van der Waals surface area (Å²) in [6, 6.07) is 15.5. The first-order chi connectivity index (χ1) is 10.3. The molecule has 0 N–H and O–H groups in total. The van der Waals surface area contributed by atoms with E-state index in [2.05, 4.69) is 75.7 Å². The quantitative estimate of drug-likeness (QED) is 0.615. The molecule has 1 aliphatic carbocycles. The predicted molar refractivity (Wildman–Crippen MR) is 98.7 cm³/mol. The Hall–Kier alpha value is -1.25. The van der Waals surface area contributed by atoms with Crippen LogP contribution in [0.2, 0.25) is 0 Å². The lowest BCUT2D eigenvalue weighted by Crippen LogP contribution is -2.24. The van der Waals surface area contributed by atoms with Gasteiger partial charge >= 0.3 is 0 Å². The van der Waals surface area contributed by atoms with Gasteiger partial charge in [-0.2, -0.15) is 0 Å². The lowest BCUT2D eigenvalue weighted by atomic mass is 10.0. The Morgan fingerprint density at radius 1 is 0.955 bits per heavy atom. The van der Waals surface area contributed by atoms with Crippen LogP contribution in [0.5, 0.6) is 0 Å². The molecular weight excluding hydrogens is 288 g/mol. The zero-order valence-electron chi connectivity index (χ0n) is 14.3. The van der Waals surface area contributed by atoms with E-state index in [1.54, 1.807) is 0 Å². The highest BCUT2D eigenvalue weighted by molar-refractivity contribution is 8.29. The summed E-state index contributed by atoms with van der Waals surface area (Å²) in [7, 11) is -1.06. The van der Waals surface area contributed by atoms with E-state index in [1.165, 1.54) is 27.8 Å². The zero-order chi connectivity index (χ0) is 16.0. The van der Waals surface area contributed by atoms with Crippen molar-refractivity contribution in [3.8, 4) is 11.1 Å². The largest absolute Gasteiger partial charge is 0.332 e. The van der Waals surface area contributed by atoms with Crippen molar-refractivity contribution in [1.29, 1.82) is 0 Å². The summed E-state index contributed by atoms with van der Waals surface area (Å²) >= 11 is 0. The van der Waals surface area contributed by atoms with Crippen LogP contribution in [0.4, 0.5) is 0 Å². The Bertz CT molecular complexity index is 695. The van der Waals surface area contributed by atoms with Gasteiger partial charge in [0.05, 0.1) is 6.61 Å². The van der Waals surface area contributed by atoms with Gasteiger partial charge in [0.2, 0.25) is 0 Å². The fourth-order valence-corrected chi connectivity index (χ4v) is 3.46. The number of benzene rings is 2. The van der Waals surface area contributed by atoms with E-state index >= 15 is 0 Å². The molecule has 1 aliphatic rings. The van der Waals surface area contributed by atoms with E-state index in [1.807, 2.05) is 0 Å². The first-order valence-corrected chi connectivity index (χ1v) is 10.2. The highest BCUT2D eigenvalue weighted by atomic mass is 32.3. The lowest BCUT2D eigenvalue weighted by molar-refractivity contribution is 0.339. The molecule has 0 spiro atoms. The molecule has 0 saturated heterocycles. The van der Waals surface area contributed by atoms with E-state index in [4.69, 9.17) is 4.18 Å². The van der Waals surface area contributed by atoms with E-state index in [-0.39, 0.29) is 4.75 Å². The molecule has 0 atom stereocenters. The summed E-state index contributed by atoms with van der Waals surface area (Å²) in [4.78, 5) is 0. The predicted octanol–water partition coefficient (Wildman–Crippen LogP) is 5.55. The molecule has 3 rings (SSSR count). The van der Waals surface area contributed by atoms with Crippen LogP contribution >= 0.6 is 10.3 Å². The third-order valence-corrected chi connectivity index (χ3v) is 8.51. The Labute approximate surface area is 136 Å². The first-order valence-electron chi connectivity index (χ1n) is 7.85. The van der Waals surface area contributed by atoms with Crippen molar-refractivity contribution in [3.05, 3.63) is 59.2 Å². The molecule has 0 aliphatic heterocycles. The number of rotatable bonds is 3. The minimum absolute atomic E-state index is 0.208. The van der Waals surface area contributed by atoms with Crippen molar-refractivity contribution in [3.63, 3.8) is 0 Å². The second-order valence-corrected chi connectivity index (χ2v) is 11.4. The van der Waals surface area contributed by atoms with Gasteiger partial charge in [0.15, 0.2) is 0 Å². The minimum Gasteiger partial charge on any atom is -0.332 e. The van der Waals surface area contributed by atoms with Crippen LogP contribution in [0.25, 0.3) is 11.1 Å². The summed E-state index contributed by atoms with van der Waals surface area (Å²) in [5.74, 6) is 0. The zero-order valence-corrected chi connectivity index (χ0v) is 15.1. The van der Waals surface area contributed by atoms with Crippen LogP contribution in [-0.2, 0) is 17.2 Å². The van der Waals surface area contributed by atoms with Crippen LogP contribution in [0.1, 0.15) is 37.5 Å². The Morgan fingerprint density at radius 3 is 2.36 bits per heavy atom. The maximum absolute atomic E-state index is 6.30. The van der Waals surface area contributed by atoms with Crippen molar-refractivity contribution in [2.24, 2.45) is 0 Å². The highest BCUT2D eigenvalue weighted by Gasteiger charge is 2.28. The normalized spacial score (nSPS) is 14.6. The molecule has 0 fully saturated rings. The lowest BCUT2D eigenvalue weighted by Gasteiger charge is -2.43. The first kappa shape index (κ1) is 15.6. The van der Waals surface area contributed by atoms with Crippen molar-refractivity contribution in [2.75, 3.05) is 12.5 Å². The van der Waals surface area contributed by atoms with Gasteiger partial charge in [0, 0.05) is 4.75 Å². The molecule has 0 radical (unpaired) electrons. The van der Waals surface area contributed by atoms with Crippen LogP contribution < -0.4 is 0 Å². The molecular formula is C20H26OS. The van der Waals surface area contributed by atoms with Crippen molar-refractivity contribution >= 4 is 10.3 Å². The molecule has 1 nitrogen and oxygen atoms in total. The average molecular weight is 314 g/mol. The van der Waals surface area contributed by atoms with Crippen LogP contribution in [0.3, 0.4) is 0 Å². The third kappa shape index (κ3) is 2.82. The number of fused-ring (bicyclic) bond motifs is 3. The number of hydrogen-bond donors (Lipinski definition) is 0. The Kier molecular flexibility index (Phi) is 3.86. The molecule has 2 heteroatoms. The van der Waals surface area contributed by atoms with Gasteiger partial charge in [0.1, 0.15) is 0 Å². The molecule has 0 unspecified atom stereocenters. The molecule has 2 aromatic carbocycles. The summed E-state index contributed by atoms with van der Waals surface area (Å²) in [6.45, 7) is 7.51. The highest BCUT2D eigenvalue weighted by Crippen LogP contribution is 2.54. The molecule has 0 bridgehead atoms. The van der Waals surface area contributed by atoms with Crippen LogP contribution in [0.15, 0.2) is 42.5 Å². The molecule has 0 amide bonds. The monoisotopic (exact) mass is 314 g/mol. The molecule has 2 aromatic rings. The number of hydrogen-bond acceptors (Lipinski definition) is 1. The van der Waals surface area contributed by atoms with Crippen molar-refractivity contribution in [2.45, 2.75) is 38.5 Å². The smallest absolute Gasteiger partial charge is 0.0843 e. The maximum Gasteiger partial charge on any atom is 0.0843 e. The summed E-state index contributed by atoms with van der Waals surface area (Å²) in [5.41, 5.74) is 6.95. The topological polar surface area (TPSA) is 9.23 Å². The van der Waals surface area contributed by atoms with Gasteiger partial charge in [-0.05, 0) is 46.7 Å². The Balaban J connectivity index is 1.78. The summed E-state index contributed by atoms with van der Waals surface area (Å²) < 4.78 is 6.51. The van der Waals surface area contributed by atoms with Crippen LogP contribution in [-0.4, -0.2) is 17.3 Å². The second-order valence-electron chi connectivity index (χ2n) is 7.43. The van der Waals surface area contributed by atoms with Gasteiger partial charge in [-0.3, -0.25) is 0 Å².